The Morgan fingerprint density at radius 3 is 2.46 bits per heavy atom. The first-order chi connectivity index (χ1) is 16.6. The van der Waals surface area contributed by atoms with Gasteiger partial charge in [0, 0.05) is 25.6 Å². The van der Waals surface area contributed by atoms with Crippen LogP contribution in [0.2, 0.25) is 0 Å². The van der Waals surface area contributed by atoms with E-state index in [0.29, 0.717) is 39.2 Å². The lowest BCUT2D eigenvalue weighted by Gasteiger charge is -2.53. The van der Waals surface area contributed by atoms with Crippen LogP contribution < -0.4 is 0 Å². The van der Waals surface area contributed by atoms with Crippen LogP contribution >= 0.6 is 0 Å². The number of hydrogen-bond donors (Lipinski definition) is 0. The van der Waals surface area contributed by atoms with Gasteiger partial charge in [-0.15, -0.1) is 0 Å². The molecule has 0 aromatic rings. The molecule has 4 unspecified atom stereocenters. The third kappa shape index (κ3) is 4.86. The number of amides is 1. The first kappa shape index (κ1) is 25.4. The molecular formula is C26H40F2N2O5. The van der Waals surface area contributed by atoms with Gasteiger partial charge in [-0.05, 0) is 66.0 Å². The van der Waals surface area contributed by atoms with E-state index < -0.39 is 6.43 Å². The number of carbonyl (C=O) groups is 1. The highest BCUT2D eigenvalue weighted by molar-refractivity contribution is 5.69. The lowest BCUT2D eigenvalue weighted by atomic mass is 9.68. The summed E-state index contributed by atoms with van der Waals surface area (Å²) < 4.78 is 49.6. The Kier molecular flexibility index (Phi) is 6.69. The number of likely N-dealkylation sites (tertiary alicyclic amines) is 2. The summed E-state index contributed by atoms with van der Waals surface area (Å²) in [6, 6.07) is 0. The van der Waals surface area contributed by atoms with Gasteiger partial charge in [-0.3, -0.25) is 4.90 Å². The van der Waals surface area contributed by atoms with E-state index in [1.165, 1.54) is 5.57 Å². The van der Waals surface area contributed by atoms with Crippen LogP contribution in [0.5, 0.6) is 0 Å². The van der Waals surface area contributed by atoms with Gasteiger partial charge in [0.1, 0.15) is 23.4 Å². The van der Waals surface area contributed by atoms with Crippen LogP contribution in [0, 0.1) is 11.3 Å². The molecule has 0 bridgehead atoms. The molecule has 198 valence electrons. The van der Waals surface area contributed by atoms with Crippen LogP contribution in [0.3, 0.4) is 0 Å². The van der Waals surface area contributed by atoms with E-state index in [2.05, 4.69) is 26.8 Å². The molecule has 1 aliphatic carbocycles. The molecule has 1 amide bonds. The van der Waals surface area contributed by atoms with Crippen LogP contribution in [0.15, 0.2) is 11.6 Å². The van der Waals surface area contributed by atoms with Gasteiger partial charge in [0.25, 0.3) is 6.43 Å². The summed E-state index contributed by atoms with van der Waals surface area (Å²) >= 11 is 0. The summed E-state index contributed by atoms with van der Waals surface area (Å²) in [5.74, 6) is 0.00371. The van der Waals surface area contributed by atoms with Crippen molar-refractivity contribution in [1.82, 2.24) is 9.80 Å². The van der Waals surface area contributed by atoms with E-state index in [9.17, 15) is 13.6 Å². The number of ether oxygens (including phenoxy) is 4. The van der Waals surface area contributed by atoms with Gasteiger partial charge >= 0.3 is 6.09 Å². The van der Waals surface area contributed by atoms with Crippen molar-refractivity contribution in [3.05, 3.63) is 11.6 Å². The Hall–Kier alpha value is -1.29. The number of halogens is 2. The Morgan fingerprint density at radius 2 is 1.89 bits per heavy atom. The van der Waals surface area contributed by atoms with Crippen molar-refractivity contribution in [3.8, 4) is 0 Å². The minimum atomic E-state index is -2.30. The highest BCUT2D eigenvalue weighted by atomic mass is 19.3. The number of allylic oxidation sites excluding steroid dienone is 1. The second-order valence-corrected chi connectivity index (χ2v) is 11.8. The van der Waals surface area contributed by atoms with Crippen LogP contribution in [-0.2, 0) is 18.9 Å². The second kappa shape index (κ2) is 9.23. The molecule has 5 rings (SSSR count). The van der Waals surface area contributed by atoms with E-state index in [4.69, 9.17) is 18.9 Å². The standard InChI is InChI=1S/C26H40F2N2O5/c1-17(2)5-6-19-24(3,35-19)22-21(32-4)18(7-8-26(22)16-33-26)34-23(31)30-14-25(15-30)9-11-29(12-10-25)13-20(27)28/h5,18-22H,6-16H2,1-4H3/t18?,19-,21?,22?,24+,26?/m1/s1. The van der Waals surface area contributed by atoms with Crippen molar-refractivity contribution >= 4 is 6.09 Å². The Morgan fingerprint density at radius 1 is 1.20 bits per heavy atom. The quantitative estimate of drug-likeness (QED) is 0.392. The molecular weight excluding hydrogens is 458 g/mol. The minimum Gasteiger partial charge on any atom is -0.443 e. The molecule has 4 heterocycles. The summed E-state index contributed by atoms with van der Waals surface area (Å²) in [5, 5.41) is 0. The summed E-state index contributed by atoms with van der Waals surface area (Å²) in [6.45, 7) is 9.46. The maximum Gasteiger partial charge on any atom is 0.410 e. The van der Waals surface area contributed by atoms with E-state index >= 15 is 0 Å². The maximum absolute atomic E-state index is 13.0. The van der Waals surface area contributed by atoms with E-state index in [-0.39, 0.29) is 53.5 Å². The van der Waals surface area contributed by atoms with Crippen molar-refractivity contribution < 1.29 is 32.5 Å². The van der Waals surface area contributed by atoms with Crippen molar-refractivity contribution in [2.75, 3.05) is 46.4 Å². The number of carbonyl (C=O) groups excluding carboxylic acids is 1. The summed E-state index contributed by atoms with van der Waals surface area (Å²) in [4.78, 5) is 16.6. The summed E-state index contributed by atoms with van der Waals surface area (Å²) in [5.41, 5.74) is 0.713. The number of rotatable bonds is 7. The number of methoxy groups -OCH3 is 1. The topological polar surface area (TPSA) is 67.1 Å². The van der Waals surface area contributed by atoms with Gasteiger partial charge in [-0.1, -0.05) is 11.6 Å². The predicted octanol–water partition coefficient (Wildman–Crippen LogP) is 3.86. The normalized spacial score (nSPS) is 40.0. The fourth-order valence-corrected chi connectivity index (χ4v) is 6.89. The smallest absolute Gasteiger partial charge is 0.410 e. The van der Waals surface area contributed by atoms with Gasteiger partial charge in [-0.2, -0.15) is 0 Å². The molecule has 1 saturated carbocycles. The van der Waals surface area contributed by atoms with Gasteiger partial charge in [0.2, 0.25) is 0 Å². The molecule has 35 heavy (non-hydrogen) atoms. The zero-order valence-electron chi connectivity index (χ0n) is 21.4. The average Bonchev–Trinajstić information content (AvgIpc) is 3.69. The van der Waals surface area contributed by atoms with Crippen LogP contribution in [0.1, 0.15) is 52.9 Å². The first-order valence-corrected chi connectivity index (χ1v) is 13.0. The lowest BCUT2D eigenvalue weighted by Crippen LogP contribution is -2.63. The monoisotopic (exact) mass is 498 g/mol. The zero-order valence-corrected chi connectivity index (χ0v) is 21.4. The van der Waals surface area contributed by atoms with Crippen molar-refractivity contribution in [3.63, 3.8) is 0 Å². The number of piperidine rings is 1. The molecule has 2 spiro atoms. The molecule has 0 radical (unpaired) electrons. The third-order valence-electron chi connectivity index (χ3n) is 9.11. The highest BCUT2D eigenvalue weighted by Gasteiger charge is 2.72. The Labute approximate surface area is 207 Å². The number of epoxide rings is 2. The molecule has 5 fully saturated rings. The van der Waals surface area contributed by atoms with E-state index in [1.807, 2.05) is 4.90 Å². The summed E-state index contributed by atoms with van der Waals surface area (Å²) in [7, 11) is 1.68. The van der Waals surface area contributed by atoms with Gasteiger partial charge in [-0.25, -0.2) is 13.6 Å². The molecule has 7 nitrogen and oxygen atoms in total. The lowest BCUT2D eigenvalue weighted by molar-refractivity contribution is -0.130. The average molecular weight is 499 g/mol. The molecule has 5 aliphatic rings. The zero-order chi connectivity index (χ0) is 25.0. The fraction of sp³-hybridized carbons (Fsp3) is 0.885. The third-order valence-corrected chi connectivity index (χ3v) is 9.11. The van der Waals surface area contributed by atoms with Crippen molar-refractivity contribution in [2.45, 2.75) is 88.8 Å². The minimum absolute atomic E-state index is 0.00371. The van der Waals surface area contributed by atoms with E-state index in [1.54, 1.807) is 12.0 Å². The number of hydrogen-bond acceptors (Lipinski definition) is 6. The van der Waals surface area contributed by atoms with Crippen LogP contribution in [-0.4, -0.2) is 98.3 Å². The van der Waals surface area contributed by atoms with Gasteiger partial charge < -0.3 is 23.8 Å². The number of alkyl halides is 2. The first-order valence-electron chi connectivity index (χ1n) is 13.0. The molecule has 0 aromatic carbocycles. The van der Waals surface area contributed by atoms with Crippen molar-refractivity contribution in [1.29, 1.82) is 0 Å². The largest absolute Gasteiger partial charge is 0.443 e. The SMILES string of the molecule is COC1C(OC(=O)N2CC3(CCN(CC(F)F)CC3)C2)CCC2(CO2)C1[C@@]1(C)O[C@@H]1CC=C(C)C. The molecule has 9 heteroatoms. The molecule has 4 aliphatic heterocycles. The second-order valence-electron chi connectivity index (χ2n) is 11.8. The predicted molar refractivity (Wildman–Crippen MR) is 125 cm³/mol. The summed E-state index contributed by atoms with van der Waals surface area (Å²) in [6.07, 6.45) is 3.17. The highest BCUT2D eigenvalue weighted by Crippen LogP contribution is 2.59. The Bertz CT molecular complexity index is 830. The van der Waals surface area contributed by atoms with Crippen LogP contribution in [0.4, 0.5) is 13.6 Å². The maximum atomic E-state index is 13.0. The molecule has 6 atom stereocenters. The van der Waals surface area contributed by atoms with Crippen LogP contribution in [0.25, 0.3) is 0 Å². The molecule has 0 N–H and O–H groups in total. The molecule has 0 aromatic heterocycles. The number of nitrogens with zero attached hydrogens (tertiary/aromatic N) is 2. The van der Waals surface area contributed by atoms with Crippen molar-refractivity contribution in [2.24, 2.45) is 11.3 Å². The molecule has 4 saturated heterocycles. The van der Waals surface area contributed by atoms with Gasteiger partial charge in [0.15, 0.2) is 0 Å². The fourth-order valence-electron chi connectivity index (χ4n) is 6.89. The van der Waals surface area contributed by atoms with E-state index in [0.717, 1.165) is 25.7 Å². The Balaban J connectivity index is 1.17. The van der Waals surface area contributed by atoms with Gasteiger partial charge in [0.05, 0.1) is 25.2 Å².